The summed E-state index contributed by atoms with van der Waals surface area (Å²) in [7, 11) is 0. The Hall–Kier alpha value is -3.48. The molecule has 0 bridgehead atoms. The minimum absolute atomic E-state index is 0.164. The van der Waals surface area contributed by atoms with Gasteiger partial charge >= 0.3 is 0 Å². The van der Waals surface area contributed by atoms with E-state index in [0.29, 0.717) is 23.2 Å². The average Bonchev–Trinajstić information content (AvgIpc) is 3.13. The zero-order valence-corrected chi connectivity index (χ0v) is 14.8. The molecular weight excluding hydrogens is 344 g/mol. The van der Waals surface area contributed by atoms with Gasteiger partial charge in [0, 0.05) is 25.4 Å². The first-order valence-electron chi connectivity index (χ1n) is 8.73. The summed E-state index contributed by atoms with van der Waals surface area (Å²) < 4.78 is 1.85. The zero-order valence-electron chi connectivity index (χ0n) is 14.8. The number of carbonyl (C=O) groups is 3. The molecule has 0 unspecified atom stereocenters. The molecule has 0 radical (unpaired) electrons. The van der Waals surface area contributed by atoms with E-state index in [2.05, 4.69) is 10.3 Å². The van der Waals surface area contributed by atoms with Crippen LogP contribution in [0.25, 0.3) is 5.65 Å². The highest BCUT2D eigenvalue weighted by Crippen LogP contribution is 2.22. The third kappa shape index (κ3) is 3.19. The number of hydrogen-bond acceptors (Lipinski definition) is 4. The van der Waals surface area contributed by atoms with Crippen molar-refractivity contribution >= 4 is 29.1 Å². The Labute approximate surface area is 155 Å². The van der Waals surface area contributed by atoms with Gasteiger partial charge in [0.05, 0.1) is 22.5 Å². The molecule has 0 atom stereocenters. The predicted octanol–water partition coefficient (Wildman–Crippen LogP) is 2.66. The van der Waals surface area contributed by atoms with Gasteiger partial charge in [-0.2, -0.15) is 0 Å². The Kier molecular flexibility index (Phi) is 4.19. The first-order chi connectivity index (χ1) is 13.0. The van der Waals surface area contributed by atoms with Crippen molar-refractivity contribution in [1.82, 2.24) is 14.3 Å². The number of carbonyl (C=O) groups excluding carboxylic acids is 3. The number of pyridine rings is 1. The fourth-order valence-corrected chi connectivity index (χ4v) is 3.26. The van der Waals surface area contributed by atoms with Crippen LogP contribution in [0.2, 0.25) is 0 Å². The quantitative estimate of drug-likeness (QED) is 0.707. The lowest BCUT2D eigenvalue weighted by Crippen LogP contribution is -2.31. The topological polar surface area (TPSA) is 83.8 Å². The first kappa shape index (κ1) is 17.0. The summed E-state index contributed by atoms with van der Waals surface area (Å²) in [5.41, 5.74) is 3.24. The van der Waals surface area contributed by atoms with E-state index in [-0.39, 0.29) is 30.7 Å². The molecule has 1 aromatic carbocycles. The zero-order chi connectivity index (χ0) is 19.0. The summed E-state index contributed by atoms with van der Waals surface area (Å²) in [6.07, 6.45) is 4.31. The molecule has 7 heteroatoms. The molecule has 4 rings (SSSR count). The highest BCUT2D eigenvalue weighted by Gasteiger charge is 2.34. The maximum absolute atomic E-state index is 12.3. The van der Waals surface area contributed by atoms with Crippen LogP contribution >= 0.6 is 0 Å². The summed E-state index contributed by atoms with van der Waals surface area (Å²) in [5.74, 6) is -0.753. The average molecular weight is 362 g/mol. The van der Waals surface area contributed by atoms with Crippen molar-refractivity contribution in [2.45, 2.75) is 19.8 Å². The molecule has 7 nitrogen and oxygen atoms in total. The Morgan fingerprint density at radius 3 is 2.44 bits per heavy atom. The maximum Gasteiger partial charge on any atom is 0.261 e. The van der Waals surface area contributed by atoms with Crippen molar-refractivity contribution in [2.75, 3.05) is 11.9 Å². The van der Waals surface area contributed by atoms with E-state index in [1.165, 1.54) is 4.90 Å². The normalized spacial score (nSPS) is 13.3. The fourth-order valence-electron chi connectivity index (χ4n) is 3.26. The highest BCUT2D eigenvalue weighted by molar-refractivity contribution is 6.21. The van der Waals surface area contributed by atoms with Crippen molar-refractivity contribution in [2.24, 2.45) is 0 Å². The highest BCUT2D eigenvalue weighted by atomic mass is 16.2. The molecule has 27 heavy (non-hydrogen) atoms. The van der Waals surface area contributed by atoms with Crippen molar-refractivity contribution < 1.29 is 14.4 Å². The second-order valence-electron chi connectivity index (χ2n) is 6.52. The third-order valence-electron chi connectivity index (χ3n) is 4.52. The summed E-state index contributed by atoms with van der Waals surface area (Å²) in [4.78, 5) is 42.3. The Morgan fingerprint density at radius 1 is 1.04 bits per heavy atom. The molecule has 0 spiro atoms. The van der Waals surface area contributed by atoms with Gasteiger partial charge in [-0.1, -0.05) is 12.1 Å². The van der Waals surface area contributed by atoms with Crippen molar-refractivity contribution in [1.29, 1.82) is 0 Å². The SMILES string of the molecule is Cc1cn2cc(NC(=O)CCCN3C(=O)c4ccccc4C3=O)ccc2n1. The Balaban J connectivity index is 1.33. The molecule has 0 saturated carbocycles. The van der Waals surface area contributed by atoms with Gasteiger partial charge in [0.1, 0.15) is 5.65 Å². The molecule has 1 N–H and O–H groups in total. The van der Waals surface area contributed by atoms with Crippen LogP contribution in [0.5, 0.6) is 0 Å². The lowest BCUT2D eigenvalue weighted by Gasteiger charge is -2.13. The largest absolute Gasteiger partial charge is 0.325 e. The molecule has 1 aliphatic heterocycles. The number of anilines is 1. The van der Waals surface area contributed by atoms with Gasteiger partial charge in [-0.05, 0) is 37.6 Å². The number of nitrogens with one attached hydrogen (secondary N) is 1. The van der Waals surface area contributed by atoms with E-state index in [1.54, 1.807) is 36.5 Å². The number of aromatic nitrogens is 2. The summed E-state index contributed by atoms with van der Waals surface area (Å²) in [6, 6.07) is 10.4. The van der Waals surface area contributed by atoms with Crippen LogP contribution in [0.4, 0.5) is 5.69 Å². The number of imide groups is 1. The van der Waals surface area contributed by atoms with Gasteiger partial charge < -0.3 is 9.72 Å². The van der Waals surface area contributed by atoms with Crippen molar-refractivity contribution in [3.63, 3.8) is 0 Å². The van der Waals surface area contributed by atoms with Gasteiger partial charge in [-0.3, -0.25) is 19.3 Å². The third-order valence-corrected chi connectivity index (χ3v) is 4.52. The second kappa shape index (κ2) is 6.68. The lowest BCUT2D eigenvalue weighted by molar-refractivity contribution is -0.116. The van der Waals surface area contributed by atoms with Crippen molar-refractivity contribution in [3.8, 4) is 0 Å². The number of hydrogen-bond donors (Lipinski definition) is 1. The molecular formula is C20H18N4O3. The van der Waals surface area contributed by atoms with Gasteiger partial charge in [0.15, 0.2) is 0 Å². The molecule has 1 aliphatic rings. The van der Waals surface area contributed by atoms with Gasteiger partial charge in [0.2, 0.25) is 5.91 Å². The van der Waals surface area contributed by atoms with E-state index in [4.69, 9.17) is 0 Å². The molecule has 136 valence electrons. The molecule has 0 fully saturated rings. The van der Waals surface area contributed by atoms with E-state index in [0.717, 1.165) is 11.3 Å². The Bertz CT molecular complexity index is 1040. The first-order valence-corrected chi connectivity index (χ1v) is 8.73. The fraction of sp³-hybridized carbons (Fsp3) is 0.200. The predicted molar refractivity (Wildman–Crippen MR) is 99.6 cm³/mol. The molecule has 3 aromatic rings. The van der Waals surface area contributed by atoms with Gasteiger partial charge in [-0.15, -0.1) is 0 Å². The van der Waals surface area contributed by atoms with Crippen LogP contribution in [0, 0.1) is 6.92 Å². The monoisotopic (exact) mass is 362 g/mol. The van der Waals surface area contributed by atoms with E-state index in [1.807, 2.05) is 23.6 Å². The lowest BCUT2D eigenvalue weighted by atomic mass is 10.1. The smallest absolute Gasteiger partial charge is 0.261 e. The van der Waals surface area contributed by atoms with Gasteiger partial charge in [-0.25, -0.2) is 4.98 Å². The number of rotatable bonds is 5. The van der Waals surface area contributed by atoms with E-state index >= 15 is 0 Å². The van der Waals surface area contributed by atoms with Crippen LogP contribution in [0.3, 0.4) is 0 Å². The van der Waals surface area contributed by atoms with Crippen LogP contribution in [0.1, 0.15) is 39.3 Å². The number of amides is 3. The van der Waals surface area contributed by atoms with Crippen molar-refractivity contribution in [3.05, 3.63) is 65.6 Å². The maximum atomic E-state index is 12.3. The Morgan fingerprint density at radius 2 is 1.74 bits per heavy atom. The number of aryl methyl sites for hydroxylation is 1. The summed E-state index contributed by atoms with van der Waals surface area (Å²) >= 11 is 0. The van der Waals surface area contributed by atoms with E-state index < -0.39 is 0 Å². The van der Waals surface area contributed by atoms with Crippen LogP contribution in [0.15, 0.2) is 48.8 Å². The minimum atomic E-state index is -0.295. The van der Waals surface area contributed by atoms with Crippen LogP contribution < -0.4 is 5.32 Å². The molecule has 3 heterocycles. The molecule has 0 aliphatic carbocycles. The van der Waals surface area contributed by atoms with Crippen LogP contribution in [-0.4, -0.2) is 38.6 Å². The second-order valence-corrected chi connectivity index (χ2v) is 6.52. The minimum Gasteiger partial charge on any atom is -0.325 e. The number of nitrogens with zero attached hydrogens (tertiary/aromatic N) is 3. The van der Waals surface area contributed by atoms with E-state index in [9.17, 15) is 14.4 Å². The molecule has 0 saturated heterocycles. The molecule has 2 aromatic heterocycles. The van der Waals surface area contributed by atoms with Gasteiger partial charge in [0.25, 0.3) is 11.8 Å². The molecule has 3 amide bonds. The number of benzene rings is 1. The summed E-state index contributed by atoms with van der Waals surface area (Å²) in [5, 5.41) is 2.83. The number of fused-ring (bicyclic) bond motifs is 2. The van der Waals surface area contributed by atoms with Crippen LogP contribution in [-0.2, 0) is 4.79 Å². The standard InChI is InChI=1S/C20H18N4O3/c1-13-11-23-12-14(8-9-17(23)21-13)22-18(25)7-4-10-24-19(26)15-5-2-3-6-16(15)20(24)27/h2-3,5-6,8-9,11-12H,4,7,10H2,1H3,(H,22,25). The number of imidazole rings is 1. The summed E-state index contributed by atoms with van der Waals surface area (Å²) in [6.45, 7) is 2.13.